The molecule has 0 aromatic heterocycles. The third-order valence-electron chi connectivity index (χ3n) is 4.29. The van der Waals surface area contributed by atoms with E-state index in [-0.39, 0.29) is 5.92 Å². The molecule has 2 heterocycles. The van der Waals surface area contributed by atoms with E-state index in [2.05, 4.69) is 24.1 Å². The van der Waals surface area contributed by atoms with Gasteiger partial charge in [0.1, 0.15) is 0 Å². The van der Waals surface area contributed by atoms with Crippen LogP contribution in [0, 0.1) is 5.92 Å². The number of likely N-dealkylation sites (tertiary alicyclic amines) is 1. The van der Waals surface area contributed by atoms with Gasteiger partial charge in [-0.15, -0.1) is 0 Å². The van der Waals surface area contributed by atoms with Crippen molar-refractivity contribution in [2.24, 2.45) is 5.92 Å². The fourth-order valence-electron chi connectivity index (χ4n) is 3.36. The molecule has 3 unspecified atom stereocenters. The normalized spacial score (nSPS) is 30.8. The average molecular weight is 238 g/mol. The van der Waals surface area contributed by atoms with Crippen molar-refractivity contribution >= 4 is 5.91 Å². The minimum Gasteiger partial charge on any atom is -0.338 e. The standard InChI is InChI=1S/C14H26N2O/c1-3-6-11(2)14(17)16-10-5-8-13(16)12-7-4-9-15-12/h11-13,15H,3-10H2,1-2H3. The maximum absolute atomic E-state index is 12.4. The molecule has 3 nitrogen and oxygen atoms in total. The number of rotatable bonds is 4. The van der Waals surface area contributed by atoms with Gasteiger partial charge in [-0.1, -0.05) is 20.3 Å². The van der Waals surface area contributed by atoms with Crippen LogP contribution in [0.5, 0.6) is 0 Å². The third-order valence-corrected chi connectivity index (χ3v) is 4.29. The summed E-state index contributed by atoms with van der Waals surface area (Å²) >= 11 is 0. The zero-order chi connectivity index (χ0) is 12.3. The Morgan fingerprint density at radius 1 is 1.41 bits per heavy atom. The molecule has 98 valence electrons. The highest BCUT2D eigenvalue weighted by Crippen LogP contribution is 2.27. The lowest BCUT2D eigenvalue weighted by Gasteiger charge is -2.31. The van der Waals surface area contributed by atoms with Gasteiger partial charge < -0.3 is 10.2 Å². The van der Waals surface area contributed by atoms with E-state index in [1.54, 1.807) is 0 Å². The summed E-state index contributed by atoms with van der Waals surface area (Å²) in [6, 6.07) is 1.04. The second kappa shape index (κ2) is 5.85. The Kier molecular flexibility index (Phi) is 4.43. The second-order valence-corrected chi connectivity index (χ2v) is 5.63. The molecule has 17 heavy (non-hydrogen) atoms. The highest BCUT2D eigenvalue weighted by Gasteiger charge is 2.36. The number of nitrogens with one attached hydrogen (secondary N) is 1. The summed E-state index contributed by atoms with van der Waals surface area (Å²) in [4.78, 5) is 14.6. The molecule has 0 spiro atoms. The molecule has 3 heteroatoms. The van der Waals surface area contributed by atoms with Crippen LogP contribution in [0.2, 0.25) is 0 Å². The Morgan fingerprint density at radius 2 is 2.24 bits per heavy atom. The summed E-state index contributed by atoms with van der Waals surface area (Å²) in [5.41, 5.74) is 0. The third kappa shape index (κ3) is 2.82. The molecule has 2 aliphatic rings. The summed E-state index contributed by atoms with van der Waals surface area (Å²) < 4.78 is 0. The van der Waals surface area contributed by atoms with E-state index in [1.807, 2.05) is 0 Å². The van der Waals surface area contributed by atoms with E-state index in [1.165, 1.54) is 25.7 Å². The summed E-state index contributed by atoms with van der Waals surface area (Å²) in [7, 11) is 0. The molecular formula is C14H26N2O. The van der Waals surface area contributed by atoms with Crippen molar-refractivity contribution in [1.82, 2.24) is 10.2 Å². The first-order chi connectivity index (χ1) is 8.24. The first kappa shape index (κ1) is 12.9. The zero-order valence-electron chi connectivity index (χ0n) is 11.2. The van der Waals surface area contributed by atoms with Gasteiger partial charge in [-0.05, 0) is 38.6 Å². The first-order valence-electron chi connectivity index (χ1n) is 7.28. The maximum Gasteiger partial charge on any atom is 0.225 e. The smallest absolute Gasteiger partial charge is 0.225 e. The van der Waals surface area contributed by atoms with Gasteiger partial charge in [0.25, 0.3) is 0 Å². The van der Waals surface area contributed by atoms with E-state index in [0.29, 0.717) is 18.0 Å². The van der Waals surface area contributed by atoms with Crippen molar-refractivity contribution in [2.45, 2.75) is 64.5 Å². The van der Waals surface area contributed by atoms with Crippen LogP contribution in [-0.2, 0) is 4.79 Å². The van der Waals surface area contributed by atoms with Crippen LogP contribution in [0.4, 0.5) is 0 Å². The number of hydrogen-bond acceptors (Lipinski definition) is 2. The predicted molar refractivity (Wildman–Crippen MR) is 69.8 cm³/mol. The van der Waals surface area contributed by atoms with Crippen molar-refractivity contribution in [3.8, 4) is 0 Å². The van der Waals surface area contributed by atoms with Crippen LogP contribution in [0.3, 0.4) is 0 Å². The molecule has 0 aliphatic carbocycles. The monoisotopic (exact) mass is 238 g/mol. The van der Waals surface area contributed by atoms with Gasteiger partial charge in [0, 0.05) is 24.5 Å². The summed E-state index contributed by atoms with van der Waals surface area (Å²) in [5, 5.41) is 3.56. The first-order valence-corrected chi connectivity index (χ1v) is 7.28. The molecule has 0 saturated carbocycles. The van der Waals surface area contributed by atoms with E-state index in [4.69, 9.17) is 0 Å². The fourth-order valence-corrected chi connectivity index (χ4v) is 3.36. The Labute approximate surface area is 105 Å². The minimum atomic E-state index is 0.210. The molecule has 0 aromatic rings. The van der Waals surface area contributed by atoms with Gasteiger partial charge in [0.15, 0.2) is 0 Å². The molecule has 0 bridgehead atoms. The largest absolute Gasteiger partial charge is 0.338 e. The quantitative estimate of drug-likeness (QED) is 0.814. The molecule has 1 amide bonds. The summed E-state index contributed by atoms with van der Waals surface area (Å²) in [6.07, 6.45) is 7.03. The Bertz CT molecular complexity index is 261. The Balaban J connectivity index is 1.96. The number of carbonyl (C=O) groups is 1. The molecule has 0 aromatic carbocycles. The Hall–Kier alpha value is -0.570. The van der Waals surface area contributed by atoms with Crippen molar-refractivity contribution in [1.29, 1.82) is 0 Å². The maximum atomic E-state index is 12.4. The number of carbonyl (C=O) groups excluding carboxylic acids is 1. The van der Waals surface area contributed by atoms with Crippen LogP contribution >= 0.6 is 0 Å². The molecule has 0 radical (unpaired) electrons. The van der Waals surface area contributed by atoms with Crippen LogP contribution in [0.1, 0.15) is 52.4 Å². The SMILES string of the molecule is CCCC(C)C(=O)N1CCCC1C1CCCN1. The minimum absolute atomic E-state index is 0.210. The van der Waals surface area contributed by atoms with Gasteiger partial charge in [0.2, 0.25) is 5.91 Å². The number of hydrogen-bond donors (Lipinski definition) is 1. The molecule has 3 atom stereocenters. The predicted octanol–water partition coefficient (Wildman–Crippen LogP) is 2.17. The highest BCUT2D eigenvalue weighted by atomic mass is 16.2. The van der Waals surface area contributed by atoms with Gasteiger partial charge in [0.05, 0.1) is 0 Å². The van der Waals surface area contributed by atoms with E-state index >= 15 is 0 Å². The summed E-state index contributed by atoms with van der Waals surface area (Å²) in [5.74, 6) is 0.602. The van der Waals surface area contributed by atoms with Crippen molar-refractivity contribution in [2.75, 3.05) is 13.1 Å². The van der Waals surface area contributed by atoms with Gasteiger partial charge in [-0.25, -0.2) is 0 Å². The Morgan fingerprint density at radius 3 is 2.88 bits per heavy atom. The van der Waals surface area contributed by atoms with Crippen molar-refractivity contribution < 1.29 is 4.79 Å². The lowest BCUT2D eigenvalue weighted by atomic mass is 10.0. The number of nitrogens with zero attached hydrogens (tertiary/aromatic N) is 1. The molecule has 1 N–H and O–H groups in total. The average Bonchev–Trinajstić information content (AvgIpc) is 2.98. The van der Waals surface area contributed by atoms with Crippen LogP contribution < -0.4 is 5.32 Å². The van der Waals surface area contributed by atoms with Crippen LogP contribution in [-0.4, -0.2) is 36.0 Å². The number of amides is 1. The van der Waals surface area contributed by atoms with Crippen LogP contribution in [0.15, 0.2) is 0 Å². The second-order valence-electron chi connectivity index (χ2n) is 5.63. The lowest BCUT2D eigenvalue weighted by molar-refractivity contribution is -0.136. The van der Waals surface area contributed by atoms with Crippen molar-refractivity contribution in [3.63, 3.8) is 0 Å². The van der Waals surface area contributed by atoms with Gasteiger partial charge in [-0.3, -0.25) is 4.79 Å². The van der Waals surface area contributed by atoms with Crippen LogP contribution in [0.25, 0.3) is 0 Å². The van der Waals surface area contributed by atoms with E-state index in [0.717, 1.165) is 25.9 Å². The fraction of sp³-hybridized carbons (Fsp3) is 0.929. The molecule has 2 rings (SSSR count). The van der Waals surface area contributed by atoms with Gasteiger partial charge >= 0.3 is 0 Å². The zero-order valence-corrected chi connectivity index (χ0v) is 11.2. The summed E-state index contributed by atoms with van der Waals surface area (Å²) in [6.45, 7) is 6.36. The molecular weight excluding hydrogens is 212 g/mol. The topological polar surface area (TPSA) is 32.3 Å². The molecule has 2 aliphatic heterocycles. The van der Waals surface area contributed by atoms with E-state index < -0.39 is 0 Å². The van der Waals surface area contributed by atoms with Gasteiger partial charge in [-0.2, -0.15) is 0 Å². The molecule has 2 fully saturated rings. The lowest BCUT2D eigenvalue weighted by Crippen LogP contribution is -2.48. The molecule has 2 saturated heterocycles. The van der Waals surface area contributed by atoms with Crippen molar-refractivity contribution in [3.05, 3.63) is 0 Å². The highest BCUT2D eigenvalue weighted by molar-refractivity contribution is 5.79. The van der Waals surface area contributed by atoms with E-state index in [9.17, 15) is 4.79 Å².